The van der Waals surface area contributed by atoms with E-state index in [1.807, 2.05) is 0 Å². The van der Waals surface area contributed by atoms with Crippen LogP contribution in [0.25, 0.3) is 0 Å². The Balaban J connectivity index is 0.000000236. The van der Waals surface area contributed by atoms with Crippen LogP contribution in [-0.2, 0) is 4.79 Å². The maximum absolute atomic E-state index is 10.2. The van der Waals surface area contributed by atoms with E-state index >= 15 is 0 Å². The van der Waals surface area contributed by atoms with Crippen LogP contribution in [0.3, 0.4) is 0 Å². The molecule has 3 heteroatoms. The molecule has 0 radical (unpaired) electrons. The molecule has 2 rings (SSSR count). The van der Waals surface area contributed by atoms with E-state index in [0.717, 1.165) is 19.3 Å². The van der Waals surface area contributed by atoms with Gasteiger partial charge in [0.25, 0.3) is 0 Å². The number of hydrazine groups is 1. The van der Waals surface area contributed by atoms with E-state index in [0.29, 0.717) is 6.04 Å². The van der Waals surface area contributed by atoms with Crippen LogP contribution in [0.15, 0.2) is 0 Å². The number of hydrogen-bond acceptors (Lipinski definition) is 2. The van der Waals surface area contributed by atoms with Gasteiger partial charge in [-0.2, -0.15) is 0 Å². The monoisotopic (exact) mass is 184 g/mol. The molecular formula is C10H20N2O. The SMILES string of the molecule is C1CC1.NN(C=O)C1CCCCC1. The molecule has 2 saturated carbocycles. The van der Waals surface area contributed by atoms with Crippen LogP contribution in [0.5, 0.6) is 0 Å². The zero-order chi connectivity index (χ0) is 9.52. The molecule has 0 heterocycles. The van der Waals surface area contributed by atoms with Gasteiger partial charge in [-0.15, -0.1) is 0 Å². The lowest BCUT2D eigenvalue weighted by Crippen LogP contribution is -2.40. The van der Waals surface area contributed by atoms with Gasteiger partial charge in [0.1, 0.15) is 0 Å². The standard InChI is InChI=1S/C7H14N2O.C3H6/c8-9(6-10)7-4-2-1-3-5-7;1-2-3-1/h6-7H,1-5,8H2;1-3H2. The van der Waals surface area contributed by atoms with Gasteiger partial charge in [0.15, 0.2) is 0 Å². The molecule has 0 atom stereocenters. The van der Waals surface area contributed by atoms with Crippen LogP contribution in [0, 0.1) is 0 Å². The first-order valence-electron chi connectivity index (χ1n) is 5.33. The minimum atomic E-state index is 0.311. The fourth-order valence-corrected chi connectivity index (χ4v) is 1.47. The molecule has 0 aromatic carbocycles. The number of carbonyl (C=O) groups excluding carboxylic acids is 1. The van der Waals surface area contributed by atoms with Gasteiger partial charge >= 0.3 is 0 Å². The molecule has 0 unspecified atom stereocenters. The summed E-state index contributed by atoms with van der Waals surface area (Å²) in [6.45, 7) is 0. The van der Waals surface area contributed by atoms with E-state index in [1.54, 1.807) is 0 Å². The third-order valence-corrected chi connectivity index (χ3v) is 2.47. The number of rotatable bonds is 2. The van der Waals surface area contributed by atoms with E-state index in [-0.39, 0.29) is 0 Å². The van der Waals surface area contributed by atoms with Crippen molar-refractivity contribution in [1.29, 1.82) is 0 Å². The highest BCUT2D eigenvalue weighted by molar-refractivity contribution is 5.46. The first kappa shape index (κ1) is 10.5. The summed E-state index contributed by atoms with van der Waals surface area (Å²) < 4.78 is 0. The quantitative estimate of drug-likeness (QED) is 0.308. The average Bonchev–Trinajstić information content (AvgIpc) is 3.05. The summed E-state index contributed by atoms with van der Waals surface area (Å²) in [7, 11) is 0. The molecule has 2 fully saturated rings. The van der Waals surface area contributed by atoms with Crippen molar-refractivity contribution in [1.82, 2.24) is 5.01 Å². The average molecular weight is 184 g/mol. The smallest absolute Gasteiger partial charge is 0.223 e. The second-order valence-electron chi connectivity index (χ2n) is 3.91. The second-order valence-corrected chi connectivity index (χ2v) is 3.91. The summed E-state index contributed by atoms with van der Waals surface area (Å²) in [5, 5.41) is 1.30. The molecular weight excluding hydrogens is 164 g/mol. The number of carbonyl (C=O) groups is 1. The molecule has 0 saturated heterocycles. The lowest BCUT2D eigenvalue weighted by Gasteiger charge is -2.27. The van der Waals surface area contributed by atoms with Crippen molar-refractivity contribution < 1.29 is 4.79 Å². The number of nitrogens with two attached hydrogens (primary N) is 1. The highest BCUT2D eigenvalue weighted by Gasteiger charge is 2.16. The maximum atomic E-state index is 10.2. The molecule has 76 valence electrons. The first-order chi connectivity index (χ1) is 6.34. The Morgan fingerprint density at radius 1 is 1.00 bits per heavy atom. The van der Waals surface area contributed by atoms with Crippen LogP contribution < -0.4 is 5.84 Å². The van der Waals surface area contributed by atoms with Gasteiger partial charge in [-0.05, 0) is 12.8 Å². The number of amides is 1. The summed E-state index contributed by atoms with van der Waals surface area (Å²) >= 11 is 0. The highest BCUT2D eigenvalue weighted by atomic mass is 16.1. The van der Waals surface area contributed by atoms with Crippen molar-refractivity contribution in [3.05, 3.63) is 0 Å². The van der Waals surface area contributed by atoms with Gasteiger partial charge in [0.2, 0.25) is 6.41 Å². The van der Waals surface area contributed by atoms with Crippen LogP contribution in [0.1, 0.15) is 51.4 Å². The molecule has 0 aliphatic heterocycles. The second kappa shape index (κ2) is 5.97. The first-order valence-corrected chi connectivity index (χ1v) is 5.33. The van der Waals surface area contributed by atoms with Gasteiger partial charge in [0.05, 0.1) is 0 Å². The van der Waals surface area contributed by atoms with Crippen LogP contribution in [0.2, 0.25) is 0 Å². The molecule has 0 spiro atoms. The Hall–Kier alpha value is -0.570. The van der Waals surface area contributed by atoms with E-state index < -0.39 is 0 Å². The normalized spacial score (nSPS) is 21.3. The Kier molecular flexibility index (Phi) is 4.83. The van der Waals surface area contributed by atoms with Crippen LogP contribution >= 0.6 is 0 Å². The predicted molar refractivity (Wildman–Crippen MR) is 52.8 cm³/mol. The molecule has 2 aliphatic rings. The van der Waals surface area contributed by atoms with Gasteiger partial charge in [-0.25, -0.2) is 5.84 Å². The van der Waals surface area contributed by atoms with Gasteiger partial charge in [-0.1, -0.05) is 38.5 Å². The van der Waals surface area contributed by atoms with Crippen molar-refractivity contribution in [3.63, 3.8) is 0 Å². The molecule has 2 N–H and O–H groups in total. The molecule has 13 heavy (non-hydrogen) atoms. The number of nitrogens with zero attached hydrogens (tertiary/aromatic N) is 1. The summed E-state index contributed by atoms with van der Waals surface area (Å²) in [5.41, 5.74) is 0. The topological polar surface area (TPSA) is 46.3 Å². The fourth-order valence-electron chi connectivity index (χ4n) is 1.47. The zero-order valence-electron chi connectivity index (χ0n) is 8.24. The van der Waals surface area contributed by atoms with Gasteiger partial charge < -0.3 is 0 Å². The third kappa shape index (κ3) is 4.88. The predicted octanol–water partition coefficient (Wildman–Crippen LogP) is 1.82. The van der Waals surface area contributed by atoms with E-state index in [9.17, 15) is 4.79 Å². The Morgan fingerprint density at radius 2 is 1.46 bits per heavy atom. The molecule has 0 aromatic heterocycles. The lowest BCUT2D eigenvalue weighted by molar-refractivity contribution is -0.121. The van der Waals surface area contributed by atoms with E-state index in [4.69, 9.17) is 5.84 Å². The van der Waals surface area contributed by atoms with E-state index in [2.05, 4.69) is 0 Å². The van der Waals surface area contributed by atoms with Gasteiger partial charge in [0, 0.05) is 6.04 Å². The Labute approximate surface area is 80.2 Å². The Morgan fingerprint density at radius 3 is 1.85 bits per heavy atom. The van der Waals surface area contributed by atoms with Crippen molar-refractivity contribution in [2.75, 3.05) is 0 Å². The molecule has 0 aromatic rings. The molecule has 1 amide bonds. The largest absolute Gasteiger partial charge is 0.280 e. The third-order valence-electron chi connectivity index (χ3n) is 2.47. The van der Waals surface area contributed by atoms with Crippen molar-refractivity contribution in [2.45, 2.75) is 57.4 Å². The molecule has 3 nitrogen and oxygen atoms in total. The summed E-state index contributed by atoms with van der Waals surface area (Å²) in [5.74, 6) is 5.41. The Bertz CT molecular complexity index is 139. The van der Waals surface area contributed by atoms with E-state index in [1.165, 1.54) is 43.5 Å². The molecule has 0 bridgehead atoms. The highest BCUT2D eigenvalue weighted by Crippen LogP contribution is 2.19. The van der Waals surface area contributed by atoms with Crippen LogP contribution in [0.4, 0.5) is 0 Å². The minimum absolute atomic E-state index is 0.311. The number of hydrogen-bond donors (Lipinski definition) is 1. The van der Waals surface area contributed by atoms with Crippen LogP contribution in [-0.4, -0.2) is 17.5 Å². The lowest BCUT2D eigenvalue weighted by atomic mass is 9.95. The maximum Gasteiger partial charge on any atom is 0.223 e. The fraction of sp³-hybridized carbons (Fsp3) is 0.900. The van der Waals surface area contributed by atoms with Gasteiger partial charge in [-0.3, -0.25) is 9.80 Å². The zero-order valence-corrected chi connectivity index (χ0v) is 8.24. The van der Waals surface area contributed by atoms with Crippen molar-refractivity contribution in [3.8, 4) is 0 Å². The molecule has 2 aliphatic carbocycles. The van der Waals surface area contributed by atoms with Crippen molar-refractivity contribution in [2.24, 2.45) is 5.84 Å². The minimum Gasteiger partial charge on any atom is -0.280 e. The summed E-state index contributed by atoms with van der Waals surface area (Å²) in [6.07, 6.45) is 11.1. The summed E-state index contributed by atoms with van der Waals surface area (Å²) in [6, 6.07) is 0.311. The summed E-state index contributed by atoms with van der Waals surface area (Å²) in [4.78, 5) is 10.2. The van der Waals surface area contributed by atoms with Crippen molar-refractivity contribution >= 4 is 6.41 Å².